The SMILES string of the molecule is CCCCC(CC)Cn1c(C)nc2cc(C)c(C)cc21. The van der Waals surface area contributed by atoms with Crippen molar-refractivity contribution in [2.75, 3.05) is 0 Å². The molecule has 2 nitrogen and oxygen atoms in total. The minimum Gasteiger partial charge on any atom is -0.328 e. The maximum atomic E-state index is 4.75. The Bertz CT molecular complexity index is 581. The molecule has 20 heavy (non-hydrogen) atoms. The fraction of sp³-hybridized carbons (Fsp3) is 0.611. The van der Waals surface area contributed by atoms with Gasteiger partial charge in [0, 0.05) is 6.54 Å². The summed E-state index contributed by atoms with van der Waals surface area (Å²) in [5.74, 6) is 1.92. The van der Waals surface area contributed by atoms with E-state index in [0.29, 0.717) is 0 Å². The number of hydrogen-bond donors (Lipinski definition) is 0. The Hall–Kier alpha value is -1.31. The molecular weight excluding hydrogens is 244 g/mol. The van der Waals surface area contributed by atoms with Crippen LogP contribution < -0.4 is 0 Å². The Morgan fingerprint density at radius 2 is 1.80 bits per heavy atom. The lowest BCUT2D eigenvalue weighted by Gasteiger charge is -2.17. The molecule has 0 fully saturated rings. The number of benzene rings is 1. The third-order valence-corrected chi connectivity index (χ3v) is 4.54. The predicted molar refractivity (Wildman–Crippen MR) is 87.3 cm³/mol. The number of hydrogen-bond acceptors (Lipinski definition) is 1. The largest absolute Gasteiger partial charge is 0.328 e. The van der Waals surface area contributed by atoms with Crippen molar-refractivity contribution in [3.8, 4) is 0 Å². The fourth-order valence-electron chi connectivity index (χ4n) is 2.91. The van der Waals surface area contributed by atoms with Crippen molar-refractivity contribution in [2.45, 2.75) is 66.8 Å². The third-order valence-electron chi connectivity index (χ3n) is 4.54. The quantitative estimate of drug-likeness (QED) is 0.708. The average molecular weight is 272 g/mol. The Kier molecular flexibility index (Phi) is 4.85. The lowest BCUT2D eigenvalue weighted by Crippen LogP contribution is -2.11. The summed E-state index contributed by atoms with van der Waals surface area (Å²) >= 11 is 0. The number of fused-ring (bicyclic) bond motifs is 1. The second-order valence-electron chi connectivity index (χ2n) is 6.11. The lowest BCUT2D eigenvalue weighted by molar-refractivity contribution is 0.392. The van der Waals surface area contributed by atoms with E-state index in [-0.39, 0.29) is 0 Å². The van der Waals surface area contributed by atoms with Crippen LogP contribution in [0.4, 0.5) is 0 Å². The molecule has 1 heterocycles. The molecule has 1 unspecified atom stereocenters. The molecule has 0 aliphatic carbocycles. The zero-order chi connectivity index (χ0) is 14.7. The molecule has 2 rings (SSSR count). The highest BCUT2D eigenvalue weighted by molar-refractivity contribution is 5.78. The van der Waals surface area contributed by atoms with Gasteiger partial charge in [-0.3, -0.25) is 0 Å². The summed E-state index contributed by atoms with van der Waals surface area (Å²) in [6.45, 7) is 12.2. The smallest absolute Gasteiger partial charge is 0.106 e. The molecule has 0 amide bonds. The molecule has 0 saturated heterocycles. The van der Waals surface area contributed by atoms with Gasteiger partial charge in [-0.2, -0.15) is 0 Å². The van der Waals surface area contributed by atoms with Crippen molar-refractivity contribution in [1.29, 1.82) is 0 Å². The van der Waals surface area contributed by atoms with Crippen molar-refractivity contribution < 1.29 is 0 Å². The first-order valence-corrected chi connectivity index (χ1v) is 8.00. The van der Waals surface area contributed by atoms with E-state index in [1.54, 1.807) is 0 Å². The zero-order valence-electron chi connectivity index (χ0n) is 13.7. The minimum atomic E-state index is 0.771. The summed E-state index contributed by atoms with van der Waals surface area (Å²) in [6.07, 6.45) is 5.21. The number of nitrogens with zero attached hydrogens (tertiary/aromatic N) is 2. The Morgan fingerprint density at radius 3 is 2.45 bits per heavy atom. The van der Waals surface area contributed by atoms with E-state index in [2.05, 4.69) is 51.3 Å². The first-order chi connectivity index (χ1) is 9.56. The van der Waals surface area contributed by atoms with Gasteiger partial charge in [-0.05, 0) is 56.4 Å². The predicted octanol–water partition coefficient (Wildman–Crippen LogP) is 5.18. The number of aryl methyl sites for hydroxylation is 3. The maximum Gasteiger partial charge on any atom is 0.106 e. The Balaban J connectivity index is 2.33. The van der Waals surface area contributed by atoms with Crippen LogP contribution >= 0.6 is 0 Å². The normalized spacial score (nSPS) is 13.1. The first kappa shape index (κ1) is 15.1. The molecule has 1 atom stereocenters. The van der Waals surface area contributed by atoms with E-state index in [4.69, 9.17) is 4.98 Å². The lowest BCUT2D eigenvalue weighted by atomic mass is 9.99. The summed E-state index contributed by atoms with van der Waals surface area (Å²) in [5, 5.41) is 0. The average Bonchev–Trinajstić information content (AvgIpc) is 2.71. The molecule has 1 aromatic heterocycles. The van der Waals surface area contributed by atoms with Gasteiger partial charge >= 0.3 is 0 Å². The molecule has 0 bridgehead atoms. The molecule has 0 aliphatic heterocycles. The van der Waals surface area contributed by atoms with Crippen molar-refractivity contribution in [3.05, 3.63) is 29.1 Å². The second kappa shape index (κ2) is 6.43. The fourth-order valence-corrected chi connectivity index (χ4v) is 2.91. The van der Waals surface area contributed by atoms with Crippen LogP contribution in [0.5, 0.6) is 0 Å². The van der Waals surface area contributed by atoms with E-state index in [1.807, 2.05) is 0 Å². The van der Waals surface area contributed by atoms with Crippen LogP contribution in [0.3, 0.4) is 0 Å². The van der Waals surface area contributed by atoms with Gasteiger partial charge in [0.15, 0.2) is 0 Å². The van der Waals surface area contributed by atoms with E-state index in [9.17, 15) is 0 Å². The highest BCUT2D eigenvalue weighted by atomic mass is 15.1. The molecule has 0 saturated carbocycles. The van der Waals surface area contributed by atoms with E-state index in [0.717, 1.165) is 23.8 Å². The molecule has 0 N–H and O–H groups in total. The highest BCUT2D eigenvalue weighted by Crippen LogP contribution is 2.24. The topological polar surface area (TPSA) is 17.8 Å². The summed E-state index contributed by atoms with van der Waals surface area (Å²) in [6, 6.07) is 4.53. The number of imidazole rings is 1. The van der Waals surface area contributed by atoms with Crippen LogP contribution in [-0.4, -0.2) is 9.55 Å². The van der Waals surface area contributed by atoms with Gasteiger partial charge in [-0.15, -0.1) is 0 Å². The van der Waals surface area contributed by atoms with Crippen molar-refractivity contribution in [2.24, 2.45) is 5.92 Å². The minimum absolute atomic E-state index is 0.771. The van der Waals surface area contributed by atoms with Gasteiger partial charge < -0.3 is 4.57 Å². The van der Waals surface area contributed by atoms with Crippen LogP contribution in [0.15, 0.2) is 12.1 Å². The standard InChI is InChI=1S/C18H28N2/c1-6-8-9-16(7-2)12-20-15(5)19-17-10-13(3)14(4)11-18(17)20/h10-11,16H,6-9,12H2,1-5H3. The van der Waals surface area contributed by atoms with Gasteiger partial charge in [0.25, 0.3) is 0 Å². The summed E-state index contributed by atoms with van der Waals surface area (Å²) in [4.78, 5) is 4.75. The summed E-state index contributed by atoms with van der Waals surface area (Å²) in [5.41, 5.74) is 5.15. The summed E-state index contributed by atoms with van der Waals surface area (Å²) < 4.78 is 2.42. The Morgan fingerprint density at radius 1 is 1.10 bits per heavy atom. The Labute approximate surface area is 123 Å². The number of aromatic nitrogens is 2. The number of unbranched alkanes of at least 4 members (excludes halogenated alkanes) is 1. The highest BCUT2D eigenvalue weighted by Gasteiger charge is 2.13. The molecule has 0 spiro atoms. The van der Waals surface area contributed by atoms with Gasteiger partial charge in [0.2, 0.25) is 0 Å². The molecule has 110 valence electrons. The maximum absolute atomic E-state index is 4.75. The number of rotatable bonds is 6. The van der Waals surface area contributed by atoms with E-state index < -0.39 is 0 Å². The molecule has 2 aromatic rings. The zero-order valence-corrected chi connectivity index (χ0v) is 13.7. The monoisotopic (exact) mass is 272 g/mol. The molecule has 2 heteroatoms. The summed E-state index contributed by atoms with van der Waals surface area (Å²) in [7, 11) is 0. The van der Waals surface area contributed by atoms with Crippen molar-refractivity contribution in [3.63, 3.8) is 0 Å². The molecule has 1 aromatic carbocycles. The molecule has 0 aliphatic rings. The van der Waals surface area contributed by atoms with Crippen LogP contribution in [0.25, 0.3) is 11.0 Å². The van der Waals surface area contributed by atoms with E-state index >= 15 is 0 Å². The van der Waals surface area contributed by atoms with Crippen molar-refractivity contribution in [1.82, 2.24) is 9.55 Å². The van der Waals surface area contributed by atoms with Crippen molar-refractivity contribution >= 4 is 11.0 Å². The van der Waals surface area contributed by atoms with Gasteiger partial charge in [0.1, 0.15) is 5.82 Å². The third kappa shape index (κ3) is 3.05. The van der Waals surface area contributed by atoms with Gasteiger partial charge in [-0.1, -0.05) is 33.1 Å². The van der Waals surface area contributed by atoms with Crippen LogP contribution in [0, 0.1) is 26.7 Å². The van der Waals surface area contributed by atoms with E-state index in [1.165, 1.54) is 42.3 Å². The first-order valence-electron chi connectivity index (χ1n) is 8.00. The van der Waals surface area contributed by atoms with Gasteiger partial charge in [-0.25, -0.2) is 4.98 Å². The van der Waals surface area contributed by atoms with Crippen LogP contribution in [-0.2, 0) is 6.54 Å². The van der Waals surface area contributed by atoms with Crippen LogP contribution in [0.1, 0.15) is 56.5 Å². The molecule has 0 radical (unpaired) electrons. The molecular formula is C18H28N2. The van der Waals surface area contributed by atoms with Gasteiger partial charge in [0.05, 0.1) is 11.0 Å². The second-order valence-corrected chi connectivity index (χ2v) is 6.11. The van der Waals surface area contributed by atoms with Crippen LogP contribution in [0.2, 0.25) is 0 Å².